The van der Waals surface area contributed by atoms with E-state index < -0.39 is 0 Å². The first-order chi connectivity index (χ1) is 8.29. The highest BCUT2D eigenvalue weighted by Gasteiger charge is 2.34. The number of nitrogens with zero attached hydrogens (tertiary/aromatic N) is 1. The van der Waals surface area contributed by atoms with Crippen LogP contribution < -0.4 is 10.1 Å². The highest BCUT2D eigenvalue weighted by molar-refractivity contribution is 9.10. The van der Waals surface area contributed by atoms with Crippen LogP contribution in [-0.2, 0) is 0 Å². The van der Waals surface area contributed by atoms with Crippen molar-refractivity contribution in [3.63, 3.8) is 0 Å². The molecule has 0 spiro atoms. The molecule has 0 amide bonds. The third-order valence-corrected chi connectivity index (χ3v) is 4.34. The number of halogens is 1. The van der Waals surface area contributed by atoms with Crippen LogP contribution in [0, 0.1) is 11.8 Å². The van der Waals surface area contributed by atoms with Crippen LogP contribution in [0.1, 0.15) is 12.0 Å². The van der Waals surface area contributed by atoms with Crippen LogP contribution in [0.25, 0.3) is 5.57 Å². The second-order valence-corrected chi connectivity index (χ2v) is 5.39. The predicted octanol–water partition coefficient (Wildman–Crippen LogP) is 2.48. The van der Waals surface area contributed by atoms with Gasteiger partial charge in [-0.05, 0) is 52.0 Å². The summed E-state index contributed by atoms with van der Waals surface area (Å²) >= 11 is 3.39. The number of methoxy groups -OCH3 is 1. The number of fused-ring (bicyclic) bond motifs is 1. The fourth-order valence-corrected chi connectivity index (χ4v) is 3.21. The Hall–Kier alpha value is -0.870. The molecule has 0 bridgehead atoms. The number of aromatic nitrogens is 1. The molecule has 3 nitrogen and oxygen atoms in total. The summed E-state index contributed by atoms with van der Waals surface area (Å²) in [5, 5.41) is 3.46. The summed E-state index contributed by atoms with van der Waals surface area (Å²) in [5.74, 6) is 2.24. The van der Waals surface area contributed by atoms with Gasteiger partial charge in [0, 0.05) is 18.7 Å². The lowest BCUT2D eigenvalue weighted by Gasteiger charge is -2.14. The van der Waals surface area contributed by atoms with Crippen LogP contribution in [-0.4, -0.2) is 25.2 Å². The molecule has 3 rings (SSSR count). The van der Waals surface area contributed by atoms with E-state index in [2.05, 4.69) is 38.4 Å². The number of ether oxygens (including phenoxy) is 1. The average molecular weight is 295 g/mol. The van der Waals surface area contributed by atoms with Crippen molar-refractivity contribution in [1.29, 1.82) is 0 Å². The zero-order valence-corrected chi connectivity index (χ0v) is 11.3. The van der Waals surface area contributed by atoms with Crippen molar-refractivity contribution in [2.75, 3.05) is 20.2 Å². The van der Waals surface area contributed by atoms with E-state index in [1.165, 1.54) is 17.6 Å². The lowest BCUT2D eigenvalue weighted by atomic mass is 9.91. The van der Waals surface area contributed by atoms with Gasteiger partial charge in [0.25, 0.3) is 0 Å². The lowest BCUT2D eigenvalue weighted by Crippen LogP contribution is -2.10. The average Bonchev–Trinajstić information content (AvgIpc) is 2.92. The Balaban J connectivity index is 1.94. The molecule has 17 heavy (non-hydrogen) atoms. The Bertz CT molecular complexity index is 472. The molecule has 0 radical (unpaired) electrons. The van der Waals surface area contributed by atoms with Gasteiger partial charge >= 0.3 is 0 Å². The van der Waals surface area contributed by atoms with E-state index in [4.69, 9.17) is 4.74 Å². The van der Waals surface area contributed by atoms with Crippen molar-refractivity contribution < 1.29 is 4.74 Å². The van der Waals surface area contributed by atoms with E-state index in [0.29, 0.717) is 5.92 Å². The van der Waals surface area contributed by atoms with E-state index in [0.717, 1.165) is 29.4 Å². The summed E-state index contributed by atoms with van der Waals surface area (Å²) in [6.07, 6.45) is 5.48. The van der Waals surface area contributed by atoms with Crippen molar-refractivity contribution in [3.8, 4) is 5.75 Å². The van der Waals surface area contributed by atoms with Crippen molar-refractivity contribution in [1.82, 2.24) is 10.3 Å². The molecule has 1 aromatic rings. The van der Waals surface area contributed by atoms with Gasteiger partial charge in [0.15, 0.2) is 5.75 Å². The fraction of sp³-hybridized carbons (Fsp3) is 0.462. The molecule has 2 heterocycles. The third-order valence-electron chi connectivity index (χ3n) is 3.74. The zero-order chi connectivity index (χ0) is 11.8. The Morgan fingerprint density at radius 3 is 3.18 bits per heavy atom. The maximum Gasteiger partial charge on any atom is 0.152 e. The smallest absolute Gasteiger partial charge is 0.152 e. The maximum atomic E-state index is 5.30. The SMILES string of the molecule is COc1cc(C2=CCC3CNCC23)cnc1Br. The van der Waals surface area contributed by atoms with Crippen LogP contribution in [0.15, 0.2) is 22.9 Å². The van der Waals surface area contributed by atoms with Crippen molar-refractivity contribution in [3.05, 3.63) is 28.5 Å². The largest absolute Gasteiger partial charge is 0.494 e. The summed E-state index contributed by atoms with van der Waals surface area (Å²) in [6.45, 7) is 2.24. The second kappa shape index (κ2) is 4.42. The van der Waals surface area contributed by atoms with Gasteiger partial charge in [0.1, 0.15) is 4.60 Å². The molecule has 0 saturated carbocycles. The number of allylic oxidation sites excluding steroid dienone is 1. The maximum absolute atomic E-state index is 5.30. The van der Waals surface area contributed by atoms with E-state index in [1.54, 1.807) is 7.11 Å². The molecule has 1 aromatic heterocycles. The van der Waals surface area contributed by atoms with Crippen LogP contribution in [0.4, 0.5) is 0 Å². The Kier molecular flexibility index (Phi) is 2.92. The standard InChI is InChI=1S/C13H15BrN2O/c1-17-12-4-9(6-16-13(12)14)10-3-2-8-5-15-7-11(8)10/h3-4,6,8,11,15H,2,5,7H2,1H3. The molecule has 1 aliphatic carbocycles. The molecular weight excluding hydrogens is 280 g/mol. The van der Waals surface area contributed by atoms with Crippen LogP contribution in [0.5, 0.6) is 5.75 Å². The number of hydrogen-bond donors (Lipinski definition) is 1. The highest BCUT2D eigenvalue weighted by Crippen LogP contribution is 2.41. The van der Waals surface area contributed by atoms with Gasteiger partial charge in [-0.3, -0.25) is 0 Å². The molecule has 2 unspecified atom stereocenters. The summed E-state index contributed by atoms with van der Waals surface area (Å²) in [5.41, 5.74) is 2.62. The molecule has 1 saturated heterocycles. The molecule has 2 aliphatic rings. The molecule has 4 heteroatoms. The topological polar surface area (TPSA) is 34.1 Å². The minimum Gasteiger partial charge on any atom is -0.494 e. The van der Waals surface area contributed by atoms with Gasteiger partial charge in [-0.15, -0.1) is 0 Å². The molecule has 1 fully saturated rings. The van der Waals surface area contributed by atoms with Crippen molar-refractivity contribution >= 4 is 21.5 Å². The zero-order valence-electron chi connectivity index (χ0n) is 9.74. The molecular formula is C13H15BrN2O. The monoisotopic (exact) mass is 294 g/mol. The van der Waals surface area contributed by atoms with Gasteiger partial charge in [-0.2, -0.15) is 0 Å². The quantitative estimate of drug-likeness (QED) is 0.851. The first-order valence-electron chi connectivity index (χ1n) is 5.90. The third kappa shape index (κ3) is 1.89. The van der Waals surface area contributed by atoms with Crippen molar-refractivity contribution in [2.45, 2.75) is 6.42 Å². The molecule has 2 atom stereocenters. The van der Waals surface area contributed by atoms with Crippen LogP contribution >= 0.6 is 15.9 Å². The predicted molar refractivity (Wildman–Crippen MR) is 70.9 cm³/mol. The summed E-state index contributed by atoms with van der Waals surface area (Å²) in [6, 6.07) is 2.07. The summed E-state index contributed by atoms with van der Waals surface area (Å²) in [7, 11) is 1.68. The summed E-state index contributed by atoms with van der Waals surface area (Å²) in [4.78, 5) is 4.34. The minimum absolute atomic E-state index is 0.655. The minimum atomic E-state index is 0.655. The van der Waals surface area contributed by atoms with Gasteiger partial charge < -0.3 is 10.1 Å². The van der Waals surface area contributed by atoms with Crippen molar-refractivity contribution in [2.24, 2.45) is 11.8 Å². The highest BCUT2D eigenvalue weighted by atomic mass is 79.9. The number of hydrogen-bond acceptors (Lipinski definition) is 3. The van der Waals surface area contributed by atoms with E-state index in [-0.39, 0.29) is 0 Å². The molecule has 0 aromatic carbocycles. The van der Waals surface area contributed by atoms with E-state index >= 15 is 0 Å². The molecule has 90 valence electrons. The van der Waals surface area contributed by atoms with E-state index in [1.807, 2.05) is 6.20 Å². The Labute approximate surface area is 109 Å². The van der Waals surface area contributed by atoms with Gasteiger partial charge in [-0.1, -0.05) is 6.08 Å². The number of nitrogens with one attached hydrogen (secondary N) is 1. The fourth-order valence-electron chi connectivity index (χ4n) is 2.84. The van der Waals surface area contributed by atoms with Crippen LogP contribution in [0.2, 0.25) is 0 Å². The molecule has 1 N–H and O–H groups in total. The number of rotatable bonds is 2. The lowest BCUT2D eigenvalue weighted by molar-refractivity contribution is 0.409. The molecule has 1 aliphatic heterocycles. The Morgan fingerprint density at radius 2 is 2.35 bits per heavy atom. The number of pyridine rings is 1. The second-order valence-electron chi connectivity index (χ2n) is 4.64. The van der Waals surface area contributed by atoms with Gasteiger partial charge in [0.2, 0.25) is 0 Å². The van der Waals surface area contributed by atoms with Crippen LogP contribution in [0.3, 0.4) is 0 Å². The first kappa shape index (κ1) is 11.2. The Morgan fingerprint density at radius 1 is 1.47 bits per heavy atom. The van der Waals surface area contributed by atoms with Gasteiger partial charge in [-0.25, -0.2) is 4.98 Å². The first-order valence-corrected chi connectivity index (χ1v) is 6.69. The van der Waals surface area contributed by atoms with E-state index in [9.17, 15) is 0 Å². The summed E-state index contributed by atoms with van der Waals surface area (Å²) < 4.78 is 6.07. The normalized spacial score (nSPS) is 26.8. The van der Waals surface area contributed by atoms with Gasteiger partial charge in [0.05, 0.1) is 7.11 Å².